The summed E-state index contributed by atoms with van der Waals surface area (Å²) in [5, 5.41) is 9.12. The maximum atomic E-state index is 12.5. The van der Waals surface area contributed by atoms with Crippen molar-refractivity contribution in [2.45, 2.75) is 24.9 Å². The van der Waals surface area contributed by atoms with Crippen molar-refractivity contribution in [1.29, 1.82) is 0 Å². The van der Waals surface area contributed by atoms with Crippen LogP contribution in [0.1, 0.15) is 11.1 Å². The standard InChI is InChI=1S/C10H9BF6O/c1-5-4-6(2-3-7(5)11)8(18,9(12,13)14)10(15,16)17/h2-4,18H,11H2,1H3. The van der Waals surface area contributed by atoms with Crippen LogP contribution in [0.15, 0.2) is 18.2 Å². The van der Waals surface area contributed by atoms with Crippen molar-refractivity contribution in [3.05, 3.63) is 29.3 Å². The SMILES string of the molecule is Bc1ccc(C(O)(C(F)(F)F)C(F)(F)F)cc1C. The lowest BCUT2D eigenvalue weighted by Gasteiger charge is -2.33. The van der Waals surface area contributed by atoms with Gasteiger partial charge in [0.2, 0.25) is 0 Å². The number of halogens is 6. The molecule has 0 aromatic heterocycles. The van der Waals surface area contributed by atoms with E-state index >= 15 is 0 Å². The molecule has 0 aliphatic heterocycles. The average molecular weight is 270 g/mol. The van der Waals surface area contributed by atoms with Crippen LogP contribution in [0.2, 0.25) is 0 Å². The molecule has 1 aromatic carbocycles. The molecule has 1 N–H and O–H groups in total. The van der Waals surface area contributed by atoms with Crippen molar-refractivity contribution in [1.82, 2.24) is 0 Å². The zero-order valence-corrected chi connectivity index (χ0v) is 9.45. The van der Waals surface area contributed by atoms with Crippen molar-refractivity contribution >= 4 is 13.3 Å². The molecule has 8 heteroatoms. The van der Waals surface area contributed by atoms with E-state index in [9.17, 15) is 26.3 Å². The molecule has 1 rings (SSSR count). The largest absolute Gasteiger partial charge is 0.430 e. The molecule has 18 heavy (non-hydrogen) atoms. The first-order valence-corrected chi connectivity index (χ1v) is 4.85. The number of hydrogen-bond donors (Lipinski definition) is 1. The van der Waals surface area contributed by atoms with E-state index in [0.717, 1.165) is 6.07 Å². The zero-order chi connectivity index (χ0) is 14.4. The Morgan fingerprint density at radius 1 is 1.00 bits per heavy atom. The van der Waals surface area contributed by atoms with Crippen molar-refractivity contribution in [3.8, 4) is 0 Å². The van der Waals surface area contributed by atoms with Gasteiger partial charge in [0.05, 0.1) is 0 Å². The van der Waals surface area contributed by atoms with E-state index in [-0.39, 0.29) is 5.56 Å². The monoisotopic (exact) mass is 270 g/mol. The third-order valence-electron chi connectivity index (χ3n) is 2.75. The summed E-state index contributed by atoms with van der Waals surface area (Å²) in [6.07, 6.45) is -11.7. The van der Waals surface area contributed by atoms with E-state index in [4.69, 9.17) is 5.11 Å². The van der Waals surface area contributed by atoms with E-state index in [1.165, 1.54) is 6.92 Å². The minimum absolute atomic E-state index is 0.236. The molecule has 0 saturated heterocycles. The van der Waals surface area contributed by atoms with Gasteiger partial charge in [0, 0.05) is 5.56 Å². The van der Waals surface area contributed by atoms with Gasteiger partial charge in [-0.05, 0) is 6.92 Å². The van der Waals surface area contributed by atoms with Crippen LogP contribution in [0.4, 0.5) is 26.3 Å². The number of aryl methyl sites for hydroxylation is 1. The molecule has 0 radical (unpaired) electrons. The van der Waals surface area contributed by atoms with Crippen LogP contribution in [-0.4, -0.2) is 25.3 Å². The molecule has 0 heterocycles. The molecule has 0 aliphatic rings. The Balaban J connectivity index is 3.51. The second-order valence-electron chi connectivity index (χ2n) is 4.00. The first-order valence-electron chi connectivity index (χ1n) is 4.85. The summed E-state index contributed by atoms with van der Waals surface area (Å²) in [5.74, 6) is 0. The van der Waals surface area contributed by atoms with Crippen molar-refractivity contribution < 1.29 is 31.4 Å². The second kappa shape index (κ2) is 4.19. The lowest BCUT2D eigenvalue weighted by Crippen LogP contribution is -2.54. The van der Waals surface area contributed by atoms with Gasteiger partial charge < -0.3 is 5.11 Å². The fourth-order valence-electron chi connectivity index (χ4n) is 1.45. The van der Waals surface area contributed by atoms with E-state index in [1.807, 2.05) is 0 Å². The molecule has 0 bridgehead atoms. The summed E-state index contributed by atoms with van der Waals surface area (Å²) in [7, 11) is 1.54. The van der Waals surface area contributed by atoms with Crippen LogP contribution in [0.3, 0.4) is 0 Å². The summed E-state index contributed by atoms with van der Waals surface area (Å²) < 4.78 is 75.3. The van der Waals surface area contributed by atoms with Gasteiger partial charge in [0.25, 0.3) is 5.60 Å². The lowest BCUT2D eigenvalue weighted by atomic mass is 9.85. The van der Waals surface area contributed by atoms with Gasteiger partial charge in [-0.15, -0.1) is 0 Å². The van der Waals surface area contributed by atoms with Crippen molar-refractivity contribution in [2.75, 3.05) is 0 Å². The summed E-state index contributed by atoms with van der Waals surface area (Å²) >= 11 is 0. The Morgan fingerprint density at radius 3 is 1.78 bits per heavy atom. The van der Waals surface area contributed by atoms with Crippen LogP contribution in [0, 0.1) is 6.92 Å². The van der Waals surface area contributed by atoms with Gasteiger partial charge in [-0.1, -0.05) is 29.2 Å². The van der Waals surface area contributed by atoms with Gasteiger partial charge in [-0.3, -0.25) is 0 Å². The van der Waals surface area contributed by atoms with Crippen LogP contribution in [0.25, 0.3) is 0 Å². The summed E-state index contributed by atoms with van der Waals surface area (Å²) in [4.78, 5) is 0. The molecule has 0 spiro atoms. The fourth-order valence-corrected chi connectivity index (χ4v) is 1.45. The van der Waals surface area contributed by atoms with Crippen LogP contribution < -0.4 is 5.46 Å². The van der Waals surface area contributed by atoms with Crippen molar-refractivity contribution in [3.63, 3.8) is 0 Å². The number of hydrogen-bond acceptors (Lipinski definition) is 1. The highest BCUT2D eigenvalue weighted by Crippen LogP contribution is 2.49. The van der Waals surface area contributed by atoms with Crippen LogP contribution in [0.5, 0.6) is 0 Å². The van der Waals surface area contributed by atoms with Crippen LogP contribution >= 0.6 is 0 Å². The average Bonchev–Trinajstić information content (AvgIpc) is 2.17. The first-order chi connectivity index (χ1) is 7.91. The normalized spacial score (nSPS) is 13.8. The van der Waals surface area contributed by atoms with Gasteiger partial charge in [0.1, 0.15) is 7.85 Å². The molecule has 0 amide bonds. The molecule has 100 valence electrons. The topological polar surface area (TPSA) is 20.2 Å². The zero-order valence-electron chi connectivity index (χ0n) is 9.45. The predicted octanol–water partition coefficient (Wildman–Crippen LogP) is 1.57. The minimum Gasteiger partial charge on any atom is -0.369 e. The summed E-state index contributed by atoms with van der Waals surface area (Å²) in [6.45, 7) is 1.37. The van der Waals surface area contributed by atoms with Crippen LogP contribution in [-0.2, 0) is 5.60 Å². The number of aliphatic hydroxyl groups is 1. The quantitative estimate of drug-likeness (QED) is 0.606. The minimum atomic E-state index is -5.84. The van der Waals surface area contributed by atoms with Gasteiger partial charge in [-0.2, -0.15) is 26.3 Å². The predicted molar refractivity (Wildman–Crippen MR) is 55.4 cm³/mol. The van der Waals surface area contributed by atoms with Crippen molar-refractivity contribution in [2.24, 2.45) is 0 Å². The van der Waals surface area contributed by atoms with E-state index in [0.29, 0.717) is 17.6 Å². The van der Waals surface area contributed by atoms with E-state index < -0.39 is 23.5 Å². The Bertz CT molecular complexity index is 437. The smallest absolute Gasteiger partial charge is 0.369 e. The molecule has 1 aromatic rings. The molecular formula is C10H9BF6O. The Morgan fingerprint density at radius 2 is 1.44 bits per heavy atom. The highest BCUT2D eigenvalue weighted by atomic mass is 19.4. The van der Waals surface area contributed by atoms with E-state index in [1.54, 1.807) is 7.85 Å². The summed E-state index contributed by atoms with van der Waals surface area (Å²) in [5.41, 5.74) is -5.31. The van der Waals surface area contributed by atoms with Gasteiger partial charge >= 0.3 is 12.4 Å². The Hall–Kier alpha value is -1.18. The third-order valence-corrected chi connectivity index (χ3v) is 2.75. The lowest BCUT2D eigenvalue weighted by molar-refractivity contribution is -0.376. The molecule has 0 saturated carbocycles. The Labute approximate surface area is 99.8 Å². The highest BCUT2D eigenvalue weighted by Gasteiger charge is 2.71. The first kappa shape index (κ1) is 14.9. The fraction of sp³-hybridized carbons (Fsp3) is 0.400. The molecule has 0 atom stereocenters. The number of rotatable bonds is 1. The number of benzene rings is 1. The maximum absolute atomic E-state index is 12.5. The maximum Gasteiger partial charge on any atom is 0.430 e. The number of alkyl halides is 6. The molecule has 0 unspecified atom stereocenters. The molecule has 1 nitrogen and oxygen atoms in total. The van der Waals surface area contributed by atoms with E-state index in [2.05, 4.69) is 0 Å². The molecular weight excluding hydrogens is 261 g/mol. The van der Waals surface area contributed by atoms with Gasteiger partial charge in [-0.25, -0.2) is 0 Å². The molecule has 0 aliphatic carbocycles. The highest BCUT2D eigenvalue weighted by molar-refractivity contribution is 6.33. The molecule has 0 fully saturated rings. The van der Waals surface area contributed by atoms with Gasteiger partial charge in [0.15, 0.2) is 0 Å². The summed E-state index contributed by atoms with van der Waals surface area (Å²) in [6, 6.07) is 2.42. The Kier molecular flexibility index (Phi) is 3.46. The second-order valence-corrected chi connectivity index (χ2v) is 4.00. The third kappa shape index (κ3) is 2.21.